The van der Waals surface area contributed by atoms with Crippen molar-refractivity contribution >= 4 is 16.7 Å². The Morgan fingerprint density at radius 1 is 1.04 bits per heavy atom. The number of hydrogen-bond donors (Lipinski definition) is 1. The van der Waals surface area contributed by atoms with Crippen LogP contribution >= 0.6 is 0 Å². The zero-order valence-electron chi connectivity index (χ0n) is 13.8. The highest BCUT2D eigenvalue weighted by Crippen LogP contribution is 2.35. The molecule has 0 saturated heterocycles. The van der Waals surface area contributed by atoms with Gasteiger partial charge < -0.3 is 15.2 Å². The molecule has 7 nitrogen and oxygen atoms in total. The van der Waals surface area contributed by atoms with Crippen LogP contribution in [0, 0.1) is 13.8 Å². The summed E-state index contributed by atoms with van der Waals surface area (Å²) in [5, 5.41) is 5.14. The van der Waals surface area contributed by atoms with Gasteiger partial charge in [-0.25, -0.2) is 9.97 Å². The van der Waals surface area contributed by atoms with E-state index in [9.17, 15) is 0 Å². The second-order valence-electron chi connectivity index (χ2n) is 5.33. The zero-order valence-corrected chi connectivity index (χ0v) is 13.8. The van der Waals surface area contributed by atoms with Crippen molar-refractivity contribution in [3.8, 4) is 22.9 Å². The zero-order chi connectivity index (χ0) is 16.7. The first-order valence-corrected chi connectivity index (χ1v) is 7.16. The molecule has 2 aromatic heterocycles. The Morgan fingerprint density at radius 3 is 2.26 bits per heavy atom. The molecule has 3 aromatic rings. The van der Waals surface area contributed by atoms with E-state index in [4.69, 9.17) is 15.2 Å². The van der Waals surface area contributed by atoms with Crippen LogP contribution in [0.4, 0.5) is 5.82 Å². The van der Waals surface area contributed by atoms with E-state index < -0.39 is 0 Å². The van der Waals surface area contributed by atoms with Crippen LogP contribution in [0.3, 0.4) is 0 Å². The molecule has 1 aromatic carbocycles. The first-order valence-electron chi connectivity index (χ1n) is 7.16. The van der Waals surface area contributed by atoms with Crippen molar-refractivity contribution in [3.05, 3.63) is 23.5 Å². The molecule has 0 aliphatic heterocycles. The number of rotatable bonds is 3. The van der Waals surface area contributed by atoms with Gasteiger partial charge >= 0.3 is 0 Å². The number of nitrogens with two attached hydrogens (primary N) is 1. The average molecular weight is 313 g/mol. The van der Waals surface area contributed by atoms with Gasteiger partial charge in [-0.15, -0.1) is 0 Å². The van der Waals surface area contributed by atoms with Crippen molar-refractivity contribution < 1.29 is 9.47 Å². The molecule has 0 saturated carbocycles. The smallest absolute Gasteiger partial charge is 0.165 e. The summed E-state index contributed by atoms with van der Waals surface area (Å²) in [6, 6.07) is 3.59. The number of benzene rings is 1. The summed E-state index contributed by atoms with van der Waals surface area (Å²) in [5.74, 6) is 2.15. The largest absolute Gasteiger partial charge is 0.493 e. The maximum atomic E-state index is 6.14. The van der Waals surface area contributed by atoms with E-state index in [1.807, 2.05) is 25.6 Å². The molecular formula is C16H19N5O2. The fraction of sp³-hybridized carbons (Fsp3) is 0.312. The van der Waals surface area contributed by atoms with Crippen molar-refractivity contribution in [2.24, 2.45) is 7.05 Å². The van der Waals surface area contributed by atoms with Gasteiger partial charge in [0.15, 0.2) is 17.3 Å². The fourth-order valence-electron chi connectivity index (χ4n) is 2.69. The fourth-order valence-corrected chi connectivity index (χ4v) is 2.69. The number of aromatic nitrogens is 4. The van der Waals surface area contributed by atoms with E-state index in [0.717, 1.165) is 22.3 Å². The lowest BCUT2D eigenvalue weighted by molar-refractivity contribution is 0.356. The average Bonchev–Trinajstić information content (AvgIpc) is 2.78. The summed E-state index contributed by atoms with van der Waals surface area (Å²) in [6.07, 6.45) is 0. The third-order valence-corrected chi connectivity index (χ3v) is 3.96. The predicted molar refractivity (Wildman–Crippen MR) is 88.7 cm³/mol. The molecule has 120 valence electrons. The van der Waals surface area contributed by atoms with Crippen molar-refractivity contribution in [2.45, 2.75) is 13.8 Å². The minimum absolute atomic E-state index is 0.397. The number of aryl methyl sites for hydroxylation is 2. The number of anilines is 1. The maximum Gasteiger partial charge on any atom is 0.165 e. The lowest BCUT2D eigenvalue weighted by Gasteiger charge is -2.11. The number of nitrogen functional groups attached to an aromatic ring is 1. The highest BCUT2D eigenvalue weighted by Gasteiger charge is 2.17. The van der Waals surface area contributed by atoms with Crippen LogP contribution in [-0.2, 0) is 7.05 Å². The van der Waals surface area contributed by atoms with Crippen LogP contribution in [0.5, 0.6) is 11.5 Å². The Hall–Kier alpha value is -2.83. The van der Waals surface area contributed by atoms with E-state index in [0.29, 0.717) is 28.7 Å². The van der Waals surface area contributed by atoms with Crippen LogP contribution in [0.25, 0.3) is 22.3 Å². The Labute approximate surface area is 134 Å². The molecular weight excluding hydrogens is 294 g/mol. The molecule has 7 heteroatoms. The highest BCUT2D eigenvalue weighted by molar-refractivity contribution is 5.92. The first-order chi connectivity index (χ1) is 11.0. The van der Waals surface area contributed by atoms with Gasteiger partial charge in [0, 0.05) is 24.2 Å². The summed E-state index contributed by atoms with van der Waals surface area (Å²) < 4.78 is 12.5. The number of nitrogens with zero attached hydrogens (tertiary/aromatic N) is 4. The molecule has 0 spiro atoms. The second-order valence-corrected chi connectivity index (χ2v) is 5.33. The van der Waals surface area contributed by atoms with Crippen molar-refractivity contribution in [1.82, 2.24) is 19.7 Å². The first kappa shape index (κ1) is 15.1. The van der Waals surface area contributed by atoms with Crippen molar-refractivity contribution in [1.29, 1.82) is 0 Å². The van der Waals surface area contributed by atoms with E-state index >= 15 is 0 Å². The van der Waals surface area contributed by atoms with Gasteiger partial charge in [-0.3, -0.25) is 4.68 Å². The second kappa shape index (κ2) is 5.42. The molecule has 0 aliphatic rings. The van der Waals surface area contributed by atoms with Gasteiger partial charge in [0.2, 0.25) is 0 Å². The van der Waals surface area contributed by atoms with Crippen molar-refractivity contribution in [3.63, 3.8) is 0 Å². The van der Waals surface area contributed by atoms with E-state index in [-0.39, 0.29) is 0 Å². The summed E-state index contributed by atoms with van der Waals surface area (Å²) in [5.41, 5.74) is 9.60. The third-order valence-electron chi connectivity index (χ3n) is 3.96. The predicted octanol–water partition coefficient (Wildman–Crippen LogP) is 2.25. The lowest BCUT2D eigenvalue weighted by Crippen LogP contribution is -2.01. The lowest BCUT2D eigenvalue weighted by atomic mass is 10.1. The van der Waals surface area contributed by atoms with Gasteiger partial charge in [0.1, 0.15) is 5.82 Å². The third kappa shape index (κ3) is 2.34. The Bertz CT molecular complexity index is 901. The summed E-state index contributed by atoms with van der Waals surface area (Å²) in [4.78, 5) is 9.10. The minimum atomic E-state index is 0.397. The van der Waals surface area contributed by atoms with Gasteiger partial charge in [-0.1, -0.05) is 0 Å². The molecule has 0 unspecified atom stereocenters. The maximum absolute atomic E-state index is 6.14. The number of hydrogen-bond acceptors (Lipinski definition) is 6. The van der Waals surface area contributed by atoms with Gasteiger partial charge in [0.05, 0.1) is 31.0 Å². The molecule has 0 radical (unpaired) electrons. The summed E-state index contributed by atoms with van der Waals surface area (Å²) in [6.45, 7) is 3.91. The standard InChI is InChI=1S/C16H19N5O2/c1-8-14(9(2)21(3)20-8)16-18-11-7-13(23-5)12(22-4)6-10(11)15(17)19-16/h6-7H,1-5H3,(H2,17,18,19). The molecule has 0 aliphatic carbocycles. The van der Waals surface area contributed by atoms with Crippen molar-refractivity contribution in [2.75, 3.05) is 20.0 Å². The van der Waals surface area contributed by atoms with E-state index in [1.165, 1.54) is 0 Å². The summed E-state index contributed by atoms with van der Waals surface area (Å²) in [7, 11) is 5.06. The van der Waals surface area contributed by atoms with Crippen LogP contribution in [-0.4, -0.2) is 34.0 Å². The normalized spacial score (nSPS) is 11.0. The Morgan fingerprint density at radius 2 is 1.70 bits per heavy atom. The van der Waals surface area contributed by atoms with Gasteiger partial charge in [-0.05, 0) is 19.9 Å². The number of methoxy groups -OCH3 is 2. The Balaban J connectivity index is 2.29. The monoisotopic (exact) mass is 313 g/mol. The van der Waals surface area contributed by atoms with Crippen LogP contribution in [0.1, 0.15) is 11.4 Å². The van der Waals surface area contributed by atoms with Gasteiger partial charge in [0.25, 0.3) is 0 Å². The Kier molecular flexibility index (Phi) is 3.55. The highest BCUT2D eigenvalue weighted by atomic mass is 16.5. The van der Waals surface area contributed by atoms with Crippen LogP contribution in [0.15, 0.2) is 12.1 Å². The SMILES string of the molecule is COc1cc2nc(-c3c(C)nn(C)c3C)nc(N)c2cc1OC. The molecule has 2 N–H and O–H groups in total. The molecule has 2 heterocycles. The van der Waals surface area contributed by atoms with Crippen LogP contribution in [0.2, 0.25) is 0 Å². The minimum Gasteiger partial charge on any atom is -0.493 e. The molecule has 0 atom stereocenters. The molecule has 0 bridgehead atoms. The number of fused-ring (bicyclic) bond motifs is 1. The molecule has 3 rings (SSSR count). The summed E-state index contributed by atoms with van der Waals surface area (Å²) >= 11 is 0. The van der Waals surface area contributed by atoms with Crippen LogP contribution < -0.4 is 15.2 Å². The van der Waals surface area contributed by atoms with E-state index in [2.05, 4.69) is 15.1 Å². The van der Waals surface area contributed by atoms with E-state index in [1.54, 1.807) is 26.4 Å². The number of ether oxygens (including phenoxy) is 2. The molecule has 23 heavy (non-hydrogen) atoms. The van der Waals surface area contributed by atoms with Gasteiger partial charge in [-0.2, -0.15) is 5.10 Å². The quantitative estimate of drug-likeness (QED) is 0.798. The molecule has 0 amide bonds. The molecule has 0 fully saturated rings. The topological polar surface area (TPSA) is 88.1 Å².